The zero-order valence-electron chi connectivity index (χ0n) is 20.3. The molecule has 1 aromatic carbocycles. The third-order valence-electron chi connectivity index (χ3n) is 6.54. The van der Waals surface area contributed by atoms with Gasteiger partial charge in [-0.2, -0.15) is 18.2 Å². The van der Waals surface area contributed by atoms with Gasteiger partial charge in [-0.25, -0.2) is 14.3 Å². The second kappa shape index (κ2) is 8.44. The summed E-state index contributed by atoms with van der Waals surface area (Å²) in [6, 6.07) is 8.61. The minimum Gasteiger partial charge on any atom is -0.324 e. The van der Waals surface area contributed by atoms with Gasteiger partial charge in [-0.1, -0.05) is 6.07 Å². The molecule has 1 aliphatic rings. The largest absolute Gasteiger partial charge is 0.399 e. The van der Waals surface area contributed by atoms with Crippen LogP contribution < -0.4 is 16.2 Å². The molecule has 188 valence electrons. The maximum absolute atomic E-state index is 13.7. The molecule has 0 spiro atoms. The van der Waals surface area contributed by atoms with Crippen molar-refractivity contribution in [2.75, 3.05) is 5.32 Å². The van der Waals surface area contributed by atoms with Crippen LogP contribution in [0.1, 0.15) is 50.6 Å². The van der Waals surface area contributed by atoms with Gasteiger partial charge >= 0.3 is 6.18 Å². The number of rotatable bonds is 5. The fourth-order valence-electron chi connectivity index (χ4n) is 4.31. The number of pyridine rings is 1. The highest BCUT2D eigenvalue weighted by Crippen LogP contribution is 2.40. The summed E-state index contributed by atoms with van der Waals surface area (Å²) >= 11 is 0. The highest BCUT2D eigenvalue weighted by molar-refractivity contribution is 5.77. The van der Waals surface area contributed by atoms with Crippen molar-refractivity contribution in [3.05, 3.63) is 69.9 Å². The first-order valence-electron chi connectivity index (χ1n) is 11.6. The van der Waals surface area contributed by atoms with E-state index >= 15 is 0 Å². The van der Waals surface area contributed by atoms with Crippen LogP contribution in [-0.4, -0.2) is 30.5 Å². The van der Waals surface area contributed by atoms with Crippen LogP contribution in [0.15, 0.2) is 47.5 Å². The molecule has 4 aromatic rings. The van der Waals surface area contributed by atoms with E-state index in [1.807, 2.05) is 32.0 Å². The van der Waals surface area contributed by atoms with Gasteiger partial charge in [0.05, 0.1) is 11.4 Å². The van der Waals surface area contributed by atoms with Crippen LogP contribution in [0.3, 0.4) is 0 Å². The first-order chi connectivity index (χ1) is 17.0. The van der Waals surface area contributed by atoms with Gasteiger partial charge in [0.2, 0.25) is 5.95 Å². The number of hydrogen-bond acceptors (Lipinski definition) is 6. The van der Waals surface area contributed by atoms with Gasteiger partial charge < -0.3 is 10.6 Å². The Bertz CT molecular complexity index is 1520. The zero-order chi connectivity index (χ0) is 25.8. The molecule has 0 bridgehead atoms. The van der Waals surface area contributed by atoms with E-state index < -0.39 is 11.6 Å². The van der Waals surface area contributed by atoms with Crippen LogP contribution in [0.4, 0.5) is 24.8 Å². The van der Waals surface area contributed by atoms with E-state index in [0.717, 1.165) is 32.6 Å². The number of anilines is 2. The van der Waals surface area contributed by atoms with E-state index in [9.17, 15) is 18.0 Å². The van der Waals surface area contributed by atoms with E-state index in [-0.39, 0.29) is 34.3 Å². The fraction of sp³-hybridized carbons (Fsp3) is 0.360. The minimum absolute atomic E-state index is 0.156. The molecule has 0 unspecified atom stereocenters. The molecule has 36 heavy (non-hydrogen) atoms. The van der Waals surface area contributed by atoms with Crippen LogP contribution in [0.5, 0.6) is 0 Å². The molecule has 0 aliphatic carbocycles. The lowest BCUT2D eigenvalue weighted by Crippen LogP contribution is -2.37. The van der Waals surface area contributed by atoms with Gasteiger partial charge in [0, 0.05) is 37.2 Å². The molecular weight excluding hydrogens is 471 g/mol. The summed E-state index contributed by atoms with van der Waals surface area (Å²) in [6.45, 7) is 7.41. The molecule has 8 nitrogen and oxygen atoms in total. The average molecular weight is 498 g/mol. The van der Waals surface area contributed by atoms with Crippen LogP contribution in [0.2, 0.25) is 0 Å². The number of benzene rings is 1. The third-order valence-corrected chi connectivity index (χ3v) is 6.54. The zero-order valence-corrected chi connectivity index (χ0v) is 20.3. The molecule has 0 fully saturated rings. The predicted octanol–water partition coefficient (Wildman–Crippen LogP) is 4.74. The standard InChI is InChI=1S/C25H26F3N7O/c1-14(2)34-22(36)19-13-31-23(32-17-6-5-15-11-29-12-16(15)9-17)33-21(19)35(34)18-7-8-30-20(10-18)24(3,4)25(26,27)28/h5-10,13-14,29H,11-12H2,1-4H3,(H,31,32,33). The Balaban J connectivity index is 1.64. The van der Waals surface area contributed by atoms with Gasteiger partial charge in [-0.05, 0) is 63.1 Å². The third kappa shape index (κ3) is 3.93. The van der Waals surface area contributed by atoms with E-state index in [1.54, 1.807) is 10.7 Å². The lowest BCUT2D eigenvalue weighted by atomic mass is 9.88. The Kier molecular flexibility index (Phi) is 5.62. The molecule has 0 saturated heterocycles. The van der Waals surface area contributed by atoms with Crippen molar-refractivity contribution in [3.8, 4) is 5.69 Å². The number of fused-ring (bicyclic) bond motifs is 2. The number of nitrogens with one attached hydrogen (secondary N) is 2. The molecule has 11 heteroatoms. The van der Waals surface area contributed by atoms with Crippen molar-refractivity contribution in [1.29, 1.82) is 0 Å². The summed E-state index contributed by atoms with van der Waals surface area (Å²) in [7, 11) is 0. The van der Waals surface area contributed by atoms with Crippen LogP contribution in [0.25, 0.3) is 16.7 Å². The monoisotopic (exact) mass is 497 g/mol. The van der Waals surface area contributed by atoms with E-state index in [2.05, 4.69) is 25.6 Å². The number of alkyl halides is 3. The summed E-state index contributed by atoms with van der Waals surface area (Å²) in [5, 5.41) is 6.74. The number of nitrogens with zero attached hydrogens (tertiary/aromatic N) is 5. The summed E-state index contributed by atoms with van der Waals surface area (Å²) in [6.07, 6.45) is -1.74. The minimum atomic E-state index is -4.50. The fourth-order valence-corrected chi connectivity index (χ4v) is 4.31. The van der Waals surface area contributed by atoms with Crippen molar-refractivity contribution in [1.82, 2.24) is 29.6 Å². The lowest BCUT2D eigenvalue weighted by Gasteiger charge is -2.27. The molecule has 0 atom stereocenters. The molecule has 0 radical (unpaired) electrons. The predicted molar refractivity (Wildman–Crippen MR) is 131 cm³/mol. The topological polar surface area (TPSA) is 89.7 Å². The first-order valence-corrected chi connectivity index (χ1v) is 11.6. The molecular formula is C25H26F3N7O. The Morgan fingerprint density at radius 3 is 2.53 bits per heavy atom. The number of aromatic nitrogens is 5. The summed E-state index contributed by atoms with van der Waals surface area (Å²) in [5.41, 5.74) is 1.18. The Morgan fingerprint density at radius 2 is 1.81 bits per heavy atom. The normalized spacial score (nSPS) is 14.0. The highest BCUT2D eigenvalue weighted by Gasteiger charge is 2.49. The Morgan fingerprint density at radius 1 is 1.06 bits per heavy atom. The summed E-state index contributed by atoms with van der Waals surface area (Å²) < 4.78 is 44.2. The SMILES string of the molecule is CC(C)n1c(=O)c2cnc(Nc3ccc4c(c3)CNC4)nc2n1-c1ccnc(C(C)(C)C(F)(F)F)c1. The van der Waals surface area contributed by atoms with Gasteiger partial charge in [-0.15, -0.1) is 0 Å². The van der Waals surface area contributed by atoms with Crippen molar-refractivity contribution in [3.63, 3.8) is 0 Å². The molecule has 3 aromatic heterocycles. The van der Waals surface area contributed by atoms with Crippen LogP contribution in [-0.2, 0) is 18.5 Å². The quantitative estimate of drug-likeness (QED) is 0.414. The van der Waals surface area contributed by atoms with E-state index in [4.69, 9.17) is 0 Å². The van der Waals surface area contributed by atoms with Gasteiger partial charge in [0.1, 0.15) is 10.8 Å². The number of hydrogen-bond donors (Lipinski definition) is 2. The smallest absolute Gasteiger partial charge is 0.324 e. The van der Waals surface area contributed by atoms with Crippen molar-refractivity contribution >= 4 is 22.7 Å². The maximum atomic E-state index is 13.7. The van der Waals surface area contributed by atoms with Crippen molar-refractivity contribution in [2.45, 2.75) is 58.4 Å². The van der Waals surface area contributed by atoms with Crippen molar-refractivity contribution in [2.24, 2.45) is 0 Å². The average Bonchev–Trinajstić information content (AvgIpc) is 3.40. The molecule has 5 rings (SSSR count). The number of halogens is 3. The highest BCUT2D eigenvalue weighted by atomic mass is 19.4. The van der Waals surface area contributed by atoms with E-state index in [1.165, 1.54) is 34.3 Å². The Hall–Kier alpha value is -3.73. The Labute approximate surface area is 205 Å². The van der Waals surface area contributed by atoms with Crippen molar-refractivity contribution < 1.29 is 13.2 Å². The molecule has 0 saturated carbocycles. The summed E-state index contributed by atoms with van der Waals surface area (Å²) in [5.74, 6) is 0.271. The first kappa shape index (κ1) is 24.0. The maximum Gasteiger partial charge on any atom is 0.399 e. The second-order valence-corrected chi connectivity index (χ2v) is 9.72. The molecule has 4 heterocycles. The second-order valence-electron chi connectivity index (χ2n) is 9.72. The molecule has 0 amide bonds. The van der Waals surface area contributed by atoms with Crippen LogP contribution >= 0.6 is 0 Å². The molecule has 2 N–H and O–H groups in total. The van der Waals surface area contributed by atoms with E-state index in [0.29, 0.717) is 5.69 Å². The van der Waals surface area contributed by atoms with Gasteiger partial charge in [0.25, 0.3) is 5.56 Å². The van der Waals surface area contributed by atoms with Crippen LogP contribution in [0, 0.1) is 0 Å². The molecule has 1 aliphatic heterocycles. The summed E-state index contributed by atoms with van der Waals surface area (Å²) in [4.78, 5) is 26.2. The lowest BCUT2D eigenvalue weighted by molar-refractivity contribution is -0.181. The van der Waals surface area contributed by atoms with Gasteiger partial charge in [-0.3, -0.25) is 9.78 Å². The van der Waals surface area contributed by atoms with Gasteiger partial charge in [0.15, 0.2) is 5.65 Å².